The van der Waals surface area contributed by atoms with E-state index in [1.54, 1.807) is 48.5 Å². The van der Waals surface area contributed by atoms with Gasteiger partial charge < -0.3 is 14.6 Å². The van der Waals surface area contributed by atoms with E-state index in [-0.39, 0.29) is 18.9 Å². The molecule has 120 valence electrons. The molecular formula is C18H13NO5. The van der Waals surface area contributed by atoms with Gasteiger partial charge >= 0.3 is 0 Å². The van der Waals surface area contributed by atoms with Gasteiger partial charge in [-0.3, -0.25) is 14.5 Å². The first-order chi connectivity index (χ1) is 11.6. The Morgan fingerprint density at radius 1 is 0.958 bits per heavy atom. The maximum absolute atomic E-state index is 12.6. The molecule has 2 aliphatic heterocycles. The van der Waals surface area contributed by atoms with Crippen LogP contribution in [-0.2, 0) is 16.1 Å². The van der Waals surface area contributed by atoms with Crippen molar-refractivity contribution in [3.05, 3.63) is 65.4 Å². The molecule has 0 saturated carbocycles. The second kappa shape index (κ2) is 5.42. The van der Waals surface area contributed by atoms with Crippen molar-refractivity contribution in [2.45, 2.75) is 6.54 Å². The lowest BCUT2D eigenvalue weighted by Crippen LogP contribution is -2.31. The lowest BCUT2D eigenvalue weighted by atomic mass is 10.1. The highest BCUT2D eigenvalue weighted by molar-refractivity contribution is 6.34. The Bertz CT molecular complexity index is 872. The van der Waals surface area contributed by atoms with Crippen LogP contribution in [0.2, 0.25) is 0 Å². The lowest BCUT2D eigenvalue weighted by Gasteiger charge is -2.14. The van der Waals surface area contributed by atoms with Crippen LogP contribution in [0.25, 0.3) is 5.57 Å². The molecule has 6 heteroatoms. The first-order valence-electron chi connectivity index (χ1n) is 7.38. The van der Waals surface area contributed by atoms with E-state index in [1.807, 2.05) is 0 Å². The minimum atomic E-state index is -0.698. The number of imide groups is 1. The van der Waals surface area contributed by atoms with Crippen LogP contribution in [0.15, 0.2) is 54.3 Å². The largest absolute Gasteiger partial charge is 0.502 e. The molecule has 0 aromatic heterocycles. The molecule has 2 aromatic rings. The maximum Gasteiger partial charge on any atom is 0.296 e. The van der Waals surface area contributed by atoms with Gasteiger partial charge in [-0.25, -0.2) is 0 Å². The third-order valence-corrected chi connectivity index (χ3v) is 3.98. The Morgan fingerprint density at radius 3 is 2.50 bits per heavy atom. The summed E-state index contributed by atoms with van der Waals surface area (Å²) in [6.45, 7) is 0.204. The van der Waals surface area contributed by atoms with Crippen molar-refractivity contribution in [3.63, 3.8) is 0 Å². The molecule has 0 spiro atoms. The van der Waals surface area contributed by atoms with Gasteiger partial charge in [0.25, 0.3) is 11.8 Å². The number of nitrogens with zero attached hydrogens (tertiary/aromatic N) is 1. The summed E-state index contributed by atoms with van der Waals surface area (Å²) in [7, 11) is 0. The van der Waals surface area contributed by atoms with Crippen molar-refractivity contribution in [1.29, 1.82) is 0 Å². The van der Waals surface area contributed by atoms with Crippen LogP contribution >= 0.6 is 0 Å². The van der Waals surface area contributed by atoms with Crippen molar-refractivity contribution in [2.75, 3.05) is 6.79 Å². The molecule has 0 aliphatic carbocycles. The molecule has 0 unspecified atom stereocenters. The van der Waals surface area contributed by atoms with E-state index < -0.39 is 17.6 Å². The summed E-state index contributed by atoms with van der Waals surface area (Å²) >= 11 is 0. The van der Waals surface area contributed by atoms with Gasteiger partial charge in [0.15, 0.2) is 17.3 Å². The molecule has 1 N–H and O–H groups in total. The average molecular weight is 323 g/mol. The third-order valence-electron chi connectivity index (χ3n) is 3.98. The van der Waals surface area contributed by atoms with Gasteiger partial charge in [-0.2, -0.15) is 0 Å². The normalized spacial score (nSPS) is 16.2. The first-order valence-corrected chi connectivity index (χ1v) is 7.38. The van der Waals surface area contributed by atoms with Gasteiger partial charge in [0.05, 0.1) is 12.1 Å². The van der Waals surface area contributed by atoms with Crippen LogP contribution in [0.3, 0.4) is 0 Å². The zero-order valence-electron chi connectivity index (χ0n) is 12.6. The number of carbonyl (C=O) groups excluding carboxylic acids is 2. The second-order valence-corrected chi connectivity index (χ2v) is 5.47. The zero-order chi connectivity index (χ0) is 16.7. The molecule has 0 atom stereocenters. The number of aliphatic hydroxyl groups is 1. The number of fused-ring (bicyclic) bond motifs is 1. The highest BCUT2D eigenvalue weighted by Gasteiger charge is 2.39. The first kappa shape index (κ1) is 14.3. The molecule has 0 fully saturated rings. The second-order valence-electron chi connectivity index (χ2n) is 5.47. The predicted octanol–water partition coefficient (Wildman–Crippen LogP) is 2.25. The van der Waals surface area contributed by atoms with Crippen LogP contribution < -0.4 is 9.47 Å². The van der Waals surface area contributed by atoms with Crippen molar-refractivity contribution >= 4 is 17.4 Å². The van der Waals surface area contributed by atoms with Crippen LogP contribution in [0.4, 0.5) is 0 Å². The van der Waals surface area contributed by atoms with Crippen LogP contribution in [0, 0.1) is 0 Å². The van der Waals surface area contributed by atoms with Crippen molar-refractivity contribution in [1.82, 2.24) is 4.90 Å². The third kappa shape index (κ3) is 2.20. The Morgan fingerprint density at radius 2 is 1.71 bits per heavy atom. The van der Waals surface area contributed by atoms with Crippen molar-refractivity contribution in [2.24, 2.45) is 0 Å². The minimum Gasteiger partial charge on any atom is -0.502 e. The fourth-order valence-electron chi connectivity index (χ4n) is 2.79. The number of aliphatic hydroxyl groups excluding tert-OH is 1. The van der Waals surface area contributed by atoms with Gasteiger partial charge in [0.1, 0.15) is 0 Å². The number of hydrogen-bond donors (Lipinski definition) is 1. The summed E-state index contributed by atoms with van der Waals surface area (Å²) in [6, 6.07) is 13.9. The summed E-state index contributed by atoms with van der Waals surface area (Å²) in [4.78, 5) is 25.9. The van der Waals surface area contributed by atoms with Gasteiger partial charge in [0.2, 0.25) is 6.79 Å². The number of amides is 2. The molecule has 6 nitrogen and oxygen atoms in total. The Balaban J connectivity index is 1.62. The van der Waals surface area contributed by atoms with E-state index in [2.05, 4.69) is 0 Å². The lowest BCUT2D eigenvalue weighted by molar-refractivity contribution is -0.138. The highest BCUT2D eigenvalue weighted by Crippen LogP contribution is 2.34. The van der Waals surface area contributed by atoms with E-state index in [4.69, 9.17) is 9.47 Å². The van der Waals surface area contributed by atoms with E-state index in [1.165, 1.54) is 0 Å². The van der Waals surface area contributed by atoms with Gasteiger partial charge in [-0.05, 0) is 23.3 Å². The van der Waals surface area contributed by atoms with E-state index in [0.29, 0.717) is 22.6 Å². The topological polar surface area (TPSA) is 76.1 Å². The summed E-state index contributed by atoms with van der Waals surface area (Å²) in [5, 5.41) is 10.1. The summed E-state index contributed by atoms with van der Waals surface area (Å²) in [6.07, 6.45) is 0. The summed E-state index contributed by atoms with van der Waals surface area (Å²) in [5.41, 5.74) is 1.26. The Hall–Kier alpha value is -3.28. The summed E-state index contributed by atoms with van der Waals surface area (Å²) < 4.78 is 10.5. The molecule has 2 amide bonds. The van der Waals surface area contributed by atoms with Crippen molar-refractivity contribution < 1.29 is 24.2 Å². The van der Waals surface area contributed by atoms with E-state index >= 15 is 0 Å². The fourth-order valence-corrected chi connectivity index (χ4v) is 2.79. The minimum absolute atomic E-state index is 0.0290. The molecule has 24 heavy (non-hydrogen) atoms. The number of rotatable bonds is 3. The Kier molecular flexibility index (Phi) is 3.23. The molecule has 0 saturated heterocycles. The number of carbonyl (C=O) groups is 2. The Labute approximate surface area is 137 Å². The van der Waals surface area contributed by atoms with Crippen LogP contribution in [0.5, 0.6) is 11.5 Å². The molecule has 0 bridgehead atoms. The van der Waals surface area contributed by atoms with E-state index in [9.17, 15) is 14.7 Å². The SMILES string of the molecule is O=C1C(O)=C(c2ccccc2)C(=O)N1Cc1ccc2c(c1)OCO2. The van der Waals surface area contributed by atoms with Gasteiger partial charge in [-0.1, -0.05) is 36.4 Å². The standard InChI is InChI=1S/C18H13NO5/c20-16-15(12-4-2-1-3-5-12)17(21)19(18(16)22)9-11-6-7-13-14(8-11)24-10-23-13/h1-8,20H,9-10H2. The zero-order valence-corrected chi connectivity index (χ0v) is 12.6. The highest BCUT2D eigenvalue weighted by atomic mass is 16.7. The monoisotopic (exact) mass is 323 g/mol. The number of hydrogen-bond acceptors (Lipinski definition) is 5. The fraction of sp³-hybridized carbons (Fsp3) is 0.111. The summed E-state index contributed by atoms with van der Waals surface area (Å²) in [5.74, 6) is -0.527. The average Bonchev–Trinajstić information content (AvgIpc) is 3.14. The maximum atomic E-state index is 12.6. The molecule has 4 rings (SSSR count). The molecule has 2 heterocycles. The number of ether oxygens (including phenoxy) is 2. The quantitative estimate of drug-likeness (QED) is 0.877. The molecule has 2 aliphatic rings. The van der Waals surface area contributed by atoms with Crippen LogP contribution in [0.1, 0.15) is 11.1 Å². The number of benzene rings is 2. The molecule has 0 radical (unpaired) electrons. The van der Waals surface area contributed by atoms with Gasteiger partial charge in [-0.15, -0.1) is 0 Å². The smallest absolute Gasteiger partial charge is 0.296 e. The molecular weight excluding hydrogens is 310 g/mol. The van der Waals surface area contributed by atoms with E-state index in [0.717, 1.165) is 4.90 Å². The predicted molar refractivity (Wildman–Crippen MR) is 84.1 cm³/mol. The van der Waals surface area contributed by atoms with Crippen LogP contribution in [-0.4, -0.2) is 28.6 Å². The van der Waals surface area contributed by atoms with Crippen molar-refractivity contribution in [3.8, 4) is 11.5 Å². The van der Waals surface area contributed by atoms with Gasteiger partial charge in [0, 0.05) is 0 Å². The molecule has 2 aromatic carbocycles.